The fourth-order valence-electron chi connectivity index (χ4n) is 1.94. The molecule has 1 aromatic carbocycles. The molecule has 0 radical (unpaired) electrons. The molecule has 1 heterocycles. The molecule has 0 unspecified atom stereocenters. The number of carbonyl (C=O) groups excluding carboxylic acids is 1. The minimum atomic E-state index is -1.29. The van der Waals surface area contributed by atoms with Crippen LogP contribution >= 0.6 is 27.5 Å². The Morgan fingerprint density at radius 3 is 2.50 bits per heavy atom. The number of hydrogen-bond acceptors (Lipinski definition) is 4. The highest BCUT2D eigenvalue weighted by Crippen LogP contribution is 2.32. The third-order valence-corrected chi connectivity index (χ3v) is 3.85. The third-order valence-electron chi connectivity index (χ3n) is 3.15. The zero-order valence-electron chi connectivity index (χ0n) is 14.5. The van der Waals surface area contributed by atoms with Crippen LogP contribution in [-0.2, 0) is 4.84 Å². The fraction of sp³-hybridized carbons (Fsp3) is 0.294. The zero-order chi connectivity index (χ0) is 19.6. The first kappa shape index (κ1) is 20.5. The second kappa shape index (κ2) is 7.85. The number of aryl methyl sites for hydroxylation is 1. The minimum absolute atomic E-state index is 0.220. The smallest absolute Gasteiger partial charge is 0.277 e. The summed E-state index contributed by atoms with van der Waals surface area (Å²) in [5.41, 5.74) is 1.59. The van der Waals surface area contributed by atoms with E-state index < -0.39 is 28.2 Å². The number of pyridine rings is 1. The molecular formula is C17H17BrClF2N3O2. The van der Waals surface area contributed by atoms with Crippen LogP contribution in [0.25, 0.3) is 0 Å². The van der Waals surface area contributed by atoms with Crippen molar-refractivity contribution in [3.05, 3.63) is 50.6 Å². The second-order valence-electron chi connectivity index (χ2n) is 6.50. The highest BCUT2D eigenvalue weighted by Gasteiger charge is 2.24. The Labute approximate surface area is 163 Å². The summed E-state index contributed by atoms with van der Waals surface area (Å²) in [6.07, 6.45) is 1.49. The van der Waals surface area contributed by atoms with E-state index in [0.717, 1.165) is 10.5 Å². The Hall–Kier alpha value is -1.77. The van der Waals surface area contributed by atoms with Gasteiger partial charge in [-0.3, -0.25) is 9.63 Å². The van der Waals surface area contributed by atoms with E-state index in [4.69, 9.17) is 16.4 Å². The van der Waals surface area contributed by atoms with Crippen molar-refractivity contribution < 1.29 is 18.4 Å². The number of hydrogen-bond donors (Lipinski definition) is 2. The molecule has 26 heavy (non-hydrogen) atoms. The van der Waals surface area contributed by atoms with Gasteiger partial charge in [-0.2, -0.15) is 0 Å². The lowest BCUT2D eigenvalue weighted by atomic mass is 10.1. The maximum Gasteiger partial charge on any atom is 0.277 e. The lowest BCUT2D eigenvalue weighted by Crippen LogP contribution is -2.34. The molecular weight excluding hydrogens is 432 g/mol. The second-order valence-corrected chi connectivity index (χ2v) is 7.82. The van der Waals surface area contributed by atoms with Crippen LogP contribution in [0.15, 0.2) is 22.8 Å². The number of benzene rings is 1. The van der Waals surface area contributed by atoms with Crippen molar-refractivity contribution in [2.24, 2.45) is 0 Å². The van der Waals surface area contributed by atoms with Gasteiger partial charge >= 0.3 is 0 Å². The Morgan fingerprint density at radius 1 is 1.27 bits per heavy atom. The summed E-state index contributed by atoms with van der Waals surface area (Å²) in [5, 5.41) is 2.14. The number of rotatable bonds is 4. The van der Waals surface area contributed by atoms with E-state index in [1.165, 1.54) is 6.20 Å². The van der Waals surface area contributed by atoms with Crippen LogP contribution in [0.2, 0.25) is 5.02 Å². The van der Waals surface area contributed by atoms with E-state index in [0.29, 0.717) is 5.56 Å². The first-order valence-electron chi connectivity index (χ1n) is 7.54. The number of anilines is 2. The lowest BCUT2D eigenvalue weighted by molar-refractivity contribution is -0.0589. The van der Waals surface area contributed by atoms with Crippen molar-refractivity contribution in [3.8, 4) is 0 Å². The highest BCUT2D eigenvalue weighted by atomic mass is 79.9. The molecule has 0 saturated heterocycles. The molecule has 0 bridgehead atoms. The molecule has 9 heteroatoms. The van der Waals surface area contributed by atoms with E-state index in [1.54, 1.807) is 33.8 Å². The number of nitrogens with one attached hydrogen (secondary N) is 2. The number of aromatic nitrogens is 1. The molecule has 0 saturated carbocycles. The van der Waals surface area contributed by atoms with Crippen molar-refractivity contribution in [1.82, 2.24) is 10.5 Å². The van der Waals surface area contributed by atoms with Gasteiger partial charge in [0.05, 0.1) is 21.9 Å². The molecule has 0 aliphatic carbocycles. The van der Waals surface area contributed by atoms with Gasteiger partial charge in [0.1, 0.15) is 5.82 Å². The van der Waals surface area contributed by atoms with Crippen molar-refractivity contribution in [3.63, 3.8) is 0 Å². The van der Waals surface area contributed by atoms with Gasteiger partial charge in [-0.25, -0.2) is 19.2 Å². The monoisotopic (exact) mass is 447 g/mol. The summed E-state index contributed by atoms with van der Waals surface area (Å²) in [7, 11) is 0. The SMILES string of the molecule is Cc1cc(Br)cnc1Nc1c(C(=O)NOC(C)(C)C)cc(Cl)c(F)c1F. The van der Waals surface area contributed by atoms with Gasteiger partial charge in [0, 0.05) is 10.7 Å². The van der Waals surface area contributed by atoms with E-state index in [9.17, 15) is 13.6 Å². The summed E-state index contributed by atoms with van der Waals surface area (Å²) in [6.45, 7) is 6.89. The molecule has 1 aromatic heterocycles. The standard InChI is InChI=1S/C17H17BrClF2N3O2/c1-8-5-9(18)7-22-15(8)23-14-10(6-11(19)12(20)13(14)21)16(25)24-26-17(2,3)4/h5-7H,1-4H3,(H,22,23)(H,24,25). The van der Waals surface area contributed by atoms with Crippen molar-refractivity contribution >= 4 is 44.9 Å². The topological polar surface area (TPSA) is 63.2 Å². The fourth-order valence-corrected chi connectivity index (χ4v) is 2.58. The number of nitrogens with zero attached hydrogens (tertiary/aromatic N) is 1. The van der Waals surface area contributed by atoms with E-state index in [-0.39, 0.29) is 17.1 Å². The molecule has 2 rings (SSSR count). The van der Waals surface area contributed by atoms with Crippen LogP contribution in [0.4, 0.5) is 20.3 Å². The molecule has 0 aliphatic rings. The molecule has 2 N–H and O–H groups in total. The van der Waals surface area contributed by atoms with Gasteiger partial charge in [0.15, 0.2) is 11.6 Å². The third kappa shape index (κ3) is 4.90. The molecule has 0 fully saturated rings. The molecule has 0 spiro atoms. The van der Waals surface area contributed by atoms with Gasteiger partial charge in [-0.1, -0.05) is 11.6 Å². The van der Waals surface area contributed by atoms with Crippen molar-refractivity contribution in [2.45, 2.75) is 33.3 Å². The maximum atomic E-state index is 14.5. The predicted octanol–water partition coefficient (Wildman–Crippen LogP) is 5.29. The van der Waals surface area contributed by atoms with Crippen LogP contribution in [-0.4, -0.2) is 16.5 Å². The molecule has 2 aromatic rings. The van der Waals surface area contributed by atoms with Crippen LogP contribution in [0.5, 0.6) is 0 Å². The van der Waals surface area contributed by atoms with E-state index in [1.807, 2.05) is 0 Å². The minimum Gasteiger partial charge on any atom is -0.337 e. The van der Waals surface area contributed by atoms with E-state index in [2.05, 4.69) is 31.7 Å². The molecule has 0 atom stereocenters. The summed E-state index contributed by atoms with van der Waals surface area (Å²) >= 11 is 8.97. The molecule has 140 valence electrons. The van der Waals surface area contributed by atoms with Gasteiger partial charge in [0.25, 0.3) is 5.91 Å². The average molecular weight is 449 g/mol. The number of amides is 1. The average Bonchev–Trinajstić information content (AvgIpc) is 2.54. The highest BCUT2D eigenvalue weighted by molar-refractivity contribution is 9.10. The Kier molecular flexibility index (Phi) is 6.21. The Balaban J connectivity index is 2.46. The number of hydroxylamine groups is 1. The molecule has 0 aliphatic heterocycles. The van der Waals surface area contributed by atoms with Crippen LogP contribution in [0.3, 0.4) is 0 Å². The summed E-state index contributed by atoms with van der Waals surface area (Å²) < 4.78 is 29.1. The number of halogens is 4. The molecule has 5 nitrogen and oxygen atoms in total. The summed E-state index contributed by atoms with van der Waals surface area (Å²) in [6, 6.07) is 2.76. The van der Waals surface area contributed by atoms with Gasteiger partial charge < -0.3 is 5.32 Å². The van der Waals surface area contributed by atoms with Gasteiger partial charge in [0.2, 0.25) is 0 Å². The van der Waals surface area contributed by atoms with Crippen LogP contribution < -0.4 is 10.8 Å². The zero-order valence-corrected chi connectivity index (χ0v) is 16.8. The number of carbonyl (C=O) groups is 1. The first-order chi connectivity index (χ1) is 12.0. The van der Waals surface area contributed by atoms with Gasteiger partial charge in [-0.15, -0.1) is 0 Å². The molecule has 1 amide bonds. The summed E-state index contributed by atoms with van der Waals surface area (Å²) in [5.74, 6) is -3.07. The Morgan fingerprint density at radius 2 is 1.92 bits per heavy atom. The van der Waals surface area contributed by atoms with Crippen molar-refractivity contribution in [2.75, 3.05) is 5.32 Å². The van der Waals surface area contributed by atoms with Crippen LogP contribution in [0, 0.1) is 18.6 Å². The van der Waals surface area contributed by atoms with Crippen LogP contribution in [0.1, 0.15) is 36.7 Å². The van der Waals surface area contributed by atoms with Gasteiger partial charge in [-0.05, 0) is 61.3 Å². The first-order valence-corrected chi connectivity index (χ1v) is 8.71. The largest absolute Gasteiger partial charge is 0.337 e. The normalized spacial score (nSPS) is 11.4. The van der Waals surface area contributed by atoms with Crippen molar-refractivity contribution in [1.29, 1.82) is 0 Å². The maximum absolute atomic E-state index is 14.5. The predicted molar refractivity (Wildman–Crippen MR) is 99.6 cm³/mol. The lowest BCUT2D eigenvalue weighted by Gasteiger charge is -2.20. The Bertz CT molecular complexity index is 857. The van der Waals surface area contributed by atoms with E-state index >= 15 is 0 Å². The quantitative estimate of drug-likeness (QED) is 0.493. The summed E-state index contributed by atoms with van der Waals surface area (Å²) in [4.78, 5) is 21.7.